The lowest BCUT2D eigenvalue weighted by molar-refractivity contribution is -0.297. The van der Waals surface area contributed by atoms with Crippen LogP contribution in [0.4, 0.5) is 0 Å². The van der Waals surface area contributed by atoms with Crippen molar-refractivity contribution in [1.82, 2.24) is 0 Å². The molecule has 0 bridgehead atoms. The molecule has 0 aromatic carbocycles. The second kappa shape index (κ2) is 11.9. The van der Waals surface area contributed by atoms with Gasteiger partial charge in [-0.2, -0.15) is 0 Å². The smallest absolute Gasteiger partial charge is 0.348 e. The molecule has 1 atom stereocenters. The number of carbonyl (C=O) groups excluding carboxylic acids is 5. The summed E-state index contributed by atoms with van der Waals surface area (Å²) in [5.41, 5.74) is -0.277. The van der Waals surface area contributed by atoms with Crippen molar-refractivity contribution in [3.8, 4) is 0 Å². The Balaban J connectivity index is 1.37. The molecule has 232 valence electrons. The van der Waals surface area contributed by atoms with Crippen LogP contribution in [0.5, 0.6) is 0 Å². The van der Waals surface area contributed by atoms with Crippen LogP contribution in [-0.2, 0) is 57.1 Å². The molecule has 2 N–H and O–H groups in total. The van der Waals surface area contributed by atoms with E-state index in [0.717, 1.165) is 0 Å². The number of ether oxygens (including phenoxy) is 7. The molecule has 0 aromatic rings. The van der Waals surface area contributed by atoms with Gasteiger partial charge in [0.2, 0.25) is 0 Å². The first-order valence-corrected chi connectivity index (χ1v) is 13.6. The summed E-state index contributed by atoms with van der Waals surface area (Å²) in [4.78, 5) is 61.6. The van der Waals surface area contributed by atoms with Crippen molar-refractivity contribution in [1.29, 1.82) is 0 Å². The van der Waals surface area contributed by atoms with Gasteiger partial charge in [-0.15, -0.1) is 0 Å². The molecule has 2 fully saturated rings. The van der Waals surface area contributed by atoms with Gasteiger partial charge in [-0.1, -0.05) is 17.7 Å². The standard InChI is InChI=1S/C29H32O14/c1-5-37-20(30)10-11-27(4)38-23(33)18(24(34)39-27)8-6-16(2)7-9-19-25(35)42-29(43-26(19)36)14-12-28(13-15-29)40-21(31)17(3)22(32)41-28/h6-9,31,33H,5,10-15H2,1-4H3. The summed E-state index contributed by atoms with van der Waals surface area (Å²) < 4.78 is 37.1. The van der Waals surface area contributed by atoms with Crippen LogP contribution in [0, 0.1) is 0 Å². The van der Waals surface area contributed by atoms with Gasteiger partial charge in [0.05, 0.1) is 13.0 Å². The summed E-state index contributed by atoms with van der Waals surface area (Å²) in [6.07, 6.45) is 5.02. The number of rotatable bonds is 7. The third-order valence-electron chi connectivity index (χ3n) is 7.15. The van der Waals surface area contributed by atoms with Crippen molar-refractivity contribution in [2.24, 2.45) is 0 Å². The highest BCUT2D eigenvalue weighted by molar-refractivity contribution is 6.15. The van der Waals surface area contributed by atoms with Crippen LogP contribution in [0.25, 0.3) is 0 Å². The van der Waals surface area contributed by atoms with Gasteiger partial charge in [0.15, 0.2) is 0 Å². The zero-order valence-corrected chi connectivity index (χ0v) is 24.1. The van der Waals surface area contributed by atoms with Crippen molar-refractivity contribution in [3.05, 3.63) is 58.5 Å². The SMILES string of the molecule is CCOC(=O)CCC1(C)OC(=O)C(C=CC(C)=CC=C2C(=O)OC3(CCC4(CC3)OC(=O)C(C)=C(O)O4)OC2=O)=C(O)O1. The minimum atomic E-state index is -1.58. The minimum absolute atomic E-state index is 0.00110. The Kier molecular flexibility index (Phi) is 8.60. The lowest BCUT2D eigenvalue weighted by Crippen LogP contribution is -2.54. The van der Waals surface area contributed by atoms with Crippen LogP contribution in [0.3, 0.4) is 0 Å². The number of carbonyl (C=O) groups is 5. The van der Waals surface area contributed by atoms with Crippen LogP contribution >= 0.6 is 0 Å². The van der Waals surface area contributed by atoms with Gasteiger partial charge in [0, 0.05) is 39.0 Å². The minimum Gasteiger partial charge on any atom is -0.481 e. The number of cyclic esters (lactones) is 1. The third-order valence-corrected chi connectivity index (χ3v) is 7.15. The van der Waals surface area contributed by atoms with E-state index in [9.17, 15) is 34.2 Å². The van der Waals surface area contributed by atoms with Crippen LogP contribution in [-0.4, -0.2) is 64.0 Å². The second-order valence-electron chi connectivity index (χ2n) is 10.5. The Bertz CT molecular complexity index is 1360. The molecule has 14 heteroatoms. The van der Waals surface area contributed by atoms with E-state index in [4.69, 9.17) is 33.2 Å². The molecule has 0 radical (unpaired) electrons. The monoisotopic (exact) mass is 604 g/mol. The van der Waals surface area contributed by atoms with Gasteiger partial charge in [0.1, 0.15) is 16.7 Å². The Morgan fingerprint density at radius 3 is 2.00 bits per heavy atom. The Morgan fingerprint density at radius 2 is 1.44 bits per heavy atom. The number of aliphatic hydroxyl groups excluding tert-OH is 2. The normalized spacial score (nSPS) is 29.6. The van der Waals surface area contributed by atoms with E-state index in [1.54, 1.807) is 13.8 Å². The van der Waals surface area contributed by atoms with Crippen molar-refractivity contribution >= 4 is 29.8 Å². The lowest BCUT2D eigenvalue weighted by Gasteiger charge is -2.46. The highest BCUT2D eigenvalue weighted by atomic mass is 16.8. The maximum atomic E-state index is 12.7. The first-order valence-electron chi connectivity index (χ1n) is 13.6. The quantitative estimate of drug-likeness (QED) is 0.141. The third kappa shape index (κ3) is 6.84. The van der Waals surface area contributed by atoms with Crippen LogP contribution in [0.2, 0.25) is 0 Å². The highest BCUT2D eigenvalue weighted by Crippen LogP contribution is 2.45. The first kappa shape index (κ1) is 31.2. The van der Waals surface area contributed by atoms with Crippen LogP contribution < -0.4 is 0 Å². The molecular weight excluding hydrogens is 572 g/mol. The van der Waals surface area contributed by atoms with Crippen molar-refractivity contribution in [2.75, 3.05) is 6.61 Å². The summed E-state index contributed by atoms with van der Waals surface area (Å²) in [6, 6.07) is 0. The number of hydrogen-bond donors (Lipinski definition) is 2. The van der Waals surface area contributed by atoms with E-state index < -0.39 is 59.1 Å². The summed E-state index contributed by atoms with van der Waals surface area (Å²) in [6.45, 7) is 6.21. The summed E-state index contributed by atoms with van der Waals surface area (Å²) >= 11 is 0. The lowest BCUT2D eigenvalue weighted by atomic mass is 9.87. The summed E-state index contributed by atoms with van der Waals surface area (Å²) in [7, 11) is 0. The molecular formula is C29H32O14. The van der Waals surface area contributed by atoms with Crippen LogP contribution in [0.15, 0.2) is 58.5 Å². The maximum absolute atomic E-state index is 12.7. The topological polar surface area (TPSA) is 190 Å². The molecule has 14 nitrogen and oxygen atoms in total. The van der Waals surface area contributed by atoms with Gasteiger partial charge >= 0.3 is 29.8 Å². The molecule has 1 aliphatic carbocycles. The summed E-state index contributed by atoms with van der Waals surface area (Å²) in [5, 5.41) is 20.2. The van der Waals surface area contributed by atoms with Gasteiger partial charge in [-0.25, -0.2) is 19.2 Å². The second-order valence-corrected chi connectivity index (χ2v) is 10.5. The van der Waals surface area contributed by atoms with Crippen molar-refractivity contribution in [3.63, 3.8) is 0 Å². The highest BCUT2D eigenvalue weighted by Gasteiger charge is 2.55. The van der Waals surface area contributed by atoms with E-state index in [2.05, 4.69) is 0 Å². The Hall–Kier alpha value is -4.75. The van der Waals surface area contributed by atoms with E-state index in [-0.39, 0.29) is 61.9 Å². The predicted octanol–water partition coefficient (Wildman–Crippen LogP) is 3.25. The fourth-order valence-electron chi connectivity index (χ4n) is 4.62. The average Bonchev–Trinajstić information content (AvgIpc) is 2.92. The van der Waals surface area contributed by atoms with E-state index in [0.29, 0.717) is 5.57 Å². The molecule has 4 rings (SSSR count). The summed E-state index contributed by atoms with van der Waals surface area (Å²) in [5.74, 6) is -9.80. The van der Waals surface area contributed by atoms with Gasteiger partial charge in [-0.05, 0) is 32.9 Å². The Labute approximate surface area is 246 Å². The molecule has 1 saturated heterocycles. The maximum Gasteiger partial charge on any atom is 0.348 e. The molecule has 3 heterocycles. The average molecular weight is 605 g/mol. The number of esters is 5. The molecule has 2 spiro atoms. The van der Waals surface area contributed by atoms with E-state index in [1.165, 1.54) is 38.2 Å². The molecule has 3 aliphatic heterocycles. The van der Waals surface area contributed by atoms with Gasteiger partial charge in [0.25, 0.3) is 29.3 Å². The molecule has 0 aromatic heterocycles. The molecule has 4 aliphatic rings. The number of allylic oxidation sites excluding steroid dienone is 4. The van der Waals surface area contributed by atoms with Gasteiger partial charge in [-0.3, -0.25) is 4.79 Å². The molecule has 1 saturated carbocycles. The van der Waals surface area contributed by atoms with E-state index >= 15 is 0 Å². The molecule has 1 unspecified atom stereocenters. The van der Waals surface area contributed by atoms with E-state index in [1.807, 2.05) is 0 Å². The zero-order valence-electron chi connectivity index (χ0n) is 24.1. The van der Waals surface area contributed by atoms with Crippen molar-refractivity contribution < 1.29 is 67.3 Å². The molecule has 0 amide bonds. The molecule has 43 heavy (non-hydrogen) atoms. The Morgan fingerprint density at radius 1 is 0.860 bits per heavy atom. The largest absolute Gasteiger partial charge is 0.481 e. The predicted molar refractivity (Wildman–Crippen MR) is 141 cm³/mol. The van der Waals surface area contributed by atoms with Crippen molar-refractivity contribution in [2.45, 2.75) is 83.6 Å². The van der Waals surface area contributed by atoms with Crippen LogP contribution in [0.1, 0.15) is 66.2 Å². The fourth-order valence-corrected chi connectivity index (χ4v) is 4.62. The number of aliphatic hydroxyl groups is 2. The fraction of sp³-hybridized carbons (Fsp3) is 0.483. The first-order chi connectivity index (χ1) is 20.2. The zero-order chi connectivity index (χ0) is 31.6. The van der Waals surface area contributed by atoms with Gasteiger partial charge < -0.3 is 43.4 Å². The number of hydrogen-bond acceptors (Lipinski definition) is 14.